The summed E-state index contributed by atoms with van der Waals surface area (Å²) in [6, 6.07) is 15.1. The Hall–Kier alpha value is -4.05. The van der Waals surface area contributed by atoms with E-state index in [-0.39, 0.29) is 16.9 Å². The third-order valence-electron chi connectivity index (χ3n) is 4.55. The molecule has 0 amide bonds. The lowest BCUT2D eigenvalue weighted by molar-refractivity contribution is 0.0593. The van der Waals surface area contributed by atoms with Crippen molar-refractivity contribution in [1.82, 2.24) is 9.55 Å². The number of nitrogens with two attached hydrogens (primary N) is 1. The molecule has 4 rings (SSSR count). The number of hydrogen-bond acceptors (Lipinski definition) is 6. The molecule has 0 fully saturated rings. The first-order valence-corrected chi connectivity index (χ1v) is 8.49. The van der Waals surface area contributed by atoms with Gasteiger partial charge in [0.05, 0.1) is 18.4 Å². The minimum atomic E-state index is -0.620. The summed E-state index contributed by atoms with van der Waals surface area (Å²) in [5, 5.41) is 9.32. The van der Waals surface area contributed by atoms with Crippen LogP contribution in [0.3, 0.4) is 0 Å². The molecule has 0 aliphatic carbocycles. The Balaban J connectivity index is 1.91. The van der Waals surface area contributed by atoms with Gasteiger partial charge in [-0.1, -0.05) is 18.2 Å². The number of esters is 1. The predicted octanol–water partition coefficient (Wildman–Crippen LogP) is 3.83. The van der Waals surface area contributed by atoms with Crippen LogP contribution in [0.2, 0.25) is 0 Å². The maximum Gasteiger partial charge on any atom is 0.357 e. The highest BCUT2D eigenvalue weighted by Gasteiger charge is 2.23. The number of anilines is 1. The zero-order valence-electron chi connectivity index (χ0n) is 15.3. The highest BCUT2D eigenvalue weighted by atomic mass is 16.5. The summed E-state index contributed by atoms with van der Waals surface area (Å²) < 4.78 is 12.3. The van der Waals surface area contributed by atoms with E-state index < -0.39 is 5.97 Å². The van der Waals surface area contributed by atoms with Gasteiger partial charge in [0.1, 0.15) is 11.6 Å². The van der Waals surface area contributed by atoms with Crippen LogP contribution >= 0.6 is 0 Å². The Morgan fingerprint density at radius 1 is 1.29 bits per heavy atom. The molecule has 2 N–H and O–H groups in total. The highest BCUT2D eigenvalue weighted by Crippen LogP contribution is 2.30. The summed E-state index contributed by atoms with van der Waals surface area (Å²) in [6.45, 7) is 1.90. The van der Waals surface area contributed by atoms with Crippen LogP contribution in [0.25, 0.3) is 28.2 Å². The van der Waals surface area contributed by atoms with Crippen molar-refractivity contribution in [2.75, 3.05) is 12.8 Å². The van der Waals surface area contributed by atoms with Crippen molar-refractivity contribution in [3.05, 3.63) is 65.5 Å². The predicted molar refractivity (Wildman–Crippen MR) is 104 cm³/mol. The van der Waals surface area contributed by atoms with Crippen LogP contribution in [-0.4, -0.2) is 22.6 Å². The Morgan fingerprint density at radius 3 is 2.79 bits per heavy atom. The van der Waals surface area contributed by atoms with Gasteiger partial charge in [-0.2, -0.15) is 5.26 Å². The Morgan fingerprint density at radius 2 is 2.07 bits per heavy atom. The summed E-state index contributed by atoms with van der Waals surface area (Å²) in [6.07, 6.45) is 1.53. The second kappa shape index (κ2) is 6.59. The van der Waals surface area contributed by atoms with Crippen molar-refractivity contribution in [2.24, 2.45) is 0 Å². The number of oxazole rings is 1. The Bertz CT molecular complexity index is 1230. The van der Waals surface area contributed by atoms with E-state index in [0.29, 0.717) is 17.2 Å². The lowest BCUT2D eigenvalue weighted by atomic mass is 10.1. The number of aromatic nitrogens is 2. The molecule has 0 saturated heterocycles. The van der Waals surface area contributed by atoms with Crippen LogP contribution < -0.4 is 5.73 Å². The minimum Gasteiger partial charge on any atom is -0.464 e. The lowest BCUT2D eigenvalue weighted by Gasteiger charge is -2.12. The van der Waals surface area contributed by atoms with E-state index in [0.717, 1.165) is 16.6 Å². The molecule has 138 valence electrons. The fourth-order valence-corrected chi connectivity index (χ4v) is 3.10. The maximum atomic E-state index is 12.3. The van der Waals surface area contributed by atoms with Crippen molar-refractivity contribution in [3.8, 4) is 23.2 Å². The van der Waals surface area contributed by atoms with Crippen molar-refractivity contribution in [3.63, 3.8) is 0 Å². The van der Waals surface area contributed by atoms with Gasteiger partial charge in [0.2, 0.25) is 5.89 Å². The molecule has 2 aromatic carbocycles. The fraction of sp³-hybridized carbons (Fsp3) is 0.0952. The summed E-state index contributed by atoms with van der Waals surface area (Å²) in [4.78, 5) is 16.8. The van der Waals surface area contributed by atoms with Gasteiger partial charge in [0.25, 0.3) is 0 Å². The molecule has 28 heavy (non-hydrogen) atoms. The number of carbonyl (C=O) groups is 1. The molecule has 7 heteroatoms. The number of carbonyl (C=O) groups excluding carboxylic acids is 1. The number of nitriles is 1. The van der Waals surface area contributed by atoms with E-state index in [1.807, 2.05) is 55.5 Å². The summed E-state index contributed by atoms with van der Waals surface area (Å²) in [5.74, 6) is -0.159. The van der Waals surface area contributed by atoms with E-state index in [1.165, 1.54) is 13.3 Å². The third-order valence-corrected chi connectivity index (χ3v) is 4.55. The van der Waals surface area contributed by atoms with Crippen LogP contribution in [0, 0.1) is 18.3 Å². The first-order chi connectivity index (χ1) is 13.5. The number of rotatable bonds is 3. The summed E-state index contributed by atoms with van der Waals surface area (Å²) in [7, 11) is 1.27. The van der Waals surface area contributed by atoms with Gasteiger partial charge >= 0.3 is 5.97 Å². The molecule has 0 unspecified atom stereocenters. The zero-order chi connectivity index (χ0) is 19.8. The van der Waals surface area contributed by atoms with E-state index in [4.69, 9.17) is 14.9 Å². The summed E-state index contributed by atoms with van der Waals surface area (Å²) in [5.41, 5.74) is 10.1. The van der Waals surface area contributed by atoms with Crippen LogP contribution in [0.15, 0.2) is 53.1 Å². The van der Waals surface area contributed by atoms with Gasteiger partial charge < -0.3 is 19.5 Å². The standard InChI is InChI=1S/C21H16N4O3/c1-12-7-8-13(20-24-15-5-3-4-6-17(15)28-20)9-16(12)25-11-14(10-22)18(23)19(25)21(26)27-2/h3-9,11H,23H2,1-2H3. The molecule has 0 aliphatic rings. The molecule has 0 saturated carbocycles. The van der Waals surface area contributed by atoms with Crippen molar-refractivity contribution in [2.45, 2.75) is 6.92 Å². The van der Waals surface area contributed by atoms with E-state index in [9.17, 15) is 10.1 Å². The number of benzene rings is 2. The Kier molecular flexibility index (Phi) is 4.09. The second-order valence-electron chi connectivity index (χ2n) is 6.27. The van der Waals surface area contributed by atoms with Crippen molar-refractivity contribution >= 4 is 22.8 Å². The van der Waals surface area contributed by atoms with Crippen LogP contribution in [0.4, 0.5) is 5.69 Å². The molecular formula is C21H16N4O3. The van der Waals surface area contributed by atoms with Crippen molar-refractivity contribution in [1.29, 1.82) is 5.26 Å². The number of nitrogen functional groups attached to an aromatic ring is 1. The number of methoxy groups -OCH3 is 1. The topological polar surface area (TPSA) is 107 Å². The van der Waals surface area contributed by atoms with Gasteiger partial charge in [-0.25, -0.2) is 9.78 Å². The quantitative estimate of drug-likeness (QED) is 0.548. The molecule has 0 atom stereocenters. The minimum absolute atomic E-state index is 0.0843. The molecule has 7 nitrogen and oxygen atoms in total. The van der Waals surface area contributed by atoms with Crippen LogP contribution in [0.1, 0.15) is 21.6 Å². The number of aryl methyl sites for hydroxylation is 1. The van der Waals surface area contributed by atoms with Crippen LogP contribution in [0.5, 0.6) is 0 Å². The van der Waals surface area contributed by atoms with Gasteiger partial charge in [-0.15, -0.1) is 0 Å². The number of ether oxygens (including phenoxy) is 1. The summed E-state index contributed by atoms with van der Waals surface area (Å²) >= 11 is 0. The van der Waals surface area contributed by atoms with Gasteiger partial charge in [0, 0.05) is 17.4 Å². The molecule has 2 heterocycles. The van der Waals surface area contributed by atoms with Gasteiger partial charge in [0.15, 0.2) is 11.3 Å². The van der Waals surface area contributed by atoms with Gasteiger partial charge in [-0.05, 0) is 36.8 Å². The monoisotopic (exact) mass is 372 g/mol. The fourth-order valence-electron chi connectivity index (χ4n) is 3.10. The van der Waals surface area contributed by atoms with Crippen LogP contribution in [-0.2, 0) is 4.74 Å². The molecular weight excluding hydrogens is 356 g/mol. The SMILES string of the molecule is COC(=O)c1c(N)c(C#N)cn1-c1cc(-c2nc3ccccc3o2)ccc1C. The van der Waals surface area contributed by atoms with E-state index in [2.05, 4.69) is 4.98 Å². The normalized spacial score (nSPS) is 10.8. The number of hydrogen-bond donors (Lipinski definition) is 1. The molecule has 0 bridgehead atoms. The molecule has 0 aliphatic heterocycles. The maximum absolute atomic E-state index is 12.3. The lowest BCUT2D eigenvalue weighted by Crippen LogP contribution is -2.11. The first kappa shape index (κ1) is 17.4. The first-order valence-electron chi connectivity index (χ1n) is 8.49. The van der Waals surface area contributed by atoms with E-state index in [1.54, 1.807) is 4.57 Å². The Labute approximate surface area is 160 Å². The van der Waals surface area contributed by atoms with Crippen molar-refractivity contribution < 1.29 is 13.9 Å². The van der Waals surface area contributed by atoms with E-state index >= 15 is 0 Å². The molecule has 4 aromatic rings. The molecule has 2 aromatic heterocycles. The number of para-hydroxylation sites is 2. The second-order valence-corrected chi connectivity index (χ2v) is 6.27. The van der Waals surface area contributed by atoms with Gasteiger partial charge in [-0.3, -0.25) is 0 Å². The molecule has 0 spiro atoms. The smallest absolute Gasteiger partial charge is 0.357 e. The molecule has 0 radical (unpaired) electrons. The third kappa shape index (κ3) is 2.68. The number of fused-ring (bicyclic) bond motifs is 1. The average molecular weight is 372 g/mol. The zero-order valence-corrected chi connectivity index (χ0v) is 15.3. The highest BCUT2D eigenvalue weighted by molar-refractivity contribution is 5.96. The largest absolute Gasteiger partial charge is 0.464 e. The number of nitrogens with zero attached hydrogens (tertiary/aromatic N) is 3. The average Bonchev–Trinajstić information content (AvgIpc) is 3.28.